The zero-order chi connectivity index (χ0) is 16.9. The largest absolute Gasteiger partial charge is 0.345 e. The van der Waals surface area contributed by atoms with E-state index in [4.69, 9.17) is 15.8 Å². The predicted octanol–water partition coefficient (Wildman–Crippen LogP) is 2.86. The Hall–Kier alpha value is -4.15. The van der Waals surface area contributed by atoms with Crippen LogP contribution in [0.3, 0.4) is 0 Å². The van der Waals surface area contributed by atoms with E-state index in [2.05, 4.69) is 20.3 Å². The number of anilines is 1. The van der Waals surface area contributed by atoms with Gasteiger partial charge in [0.15, 0.2) is 5.57 Å². The fraction of sp³-hybridized carbons (Fsp3) is 0. The summed E-state index contributed by atoms with van der Waals surface area (Å²) in [5, 5.41) is 29.6. The molecule has 7 heteroatoms. The second-order valence-electron chi connectivity index (χ2n) is 4.77. The number of H-pyrrole nitrogens is 1. The van der Waals surface area contributed by atoms with Crippen LogP contribution in [0.25, 0.3) is 22.4 Å². The van der Waals surface area contributed by atoms with Crippen LogP contribution in [-0.2, 0) is 0 Å². The molecule has 0 aliphatic heterocycles. The number of nitrogens with one attached hydrogen (secondary N) is 2. The summed E-state index contributed by atoms with van der Waals surface area (Å²) < 4.78 is 0. The molecule has 0 aliphatic rings. The van der Waals surface area contributed by atoms with E-state index in [0.717, 1.165) is 16.6 Å². The smallest absolute Gasteiger partial charge is 0.163 e. The molecule has 0 bridgehead atoms. The molecule has 2 aromatic heterocycles. The fourth-order valence-electron chi connectivity index (χ4n) is 2.15. The lowest BCUT2D eigenvalue weighted by atomic mass is 10.2. The van der Waals surface area contributed by atoms with Crippen molar-refractivity contribution in [3.8, 4) is 29.6 Å². The van der Waals surface area contributed by atoms with Gasteiger partial charge in [-0.15, -0.1) is 0 Å². The second kappa shape index (κ2) is 6.31. The number of pyridine rings is 1. The molecule has 0 saturated heterocycles. The molecular weight excluding hydrogens is 302 g/mol. The summed E-state index contributed by atoms with van der Waals surface area (Å²) in [7, 11) is 0. The molecule has 0 atom stereocenters. The molecule has 3 aromatic rings. The lowest BCUT2D eigenvalue weighted by molar-refractivity contribution is 1.27. The summed E-state index contributed by atoms with van der Waals surface area (Å²) in [5.74, 6) is 0.682. The standard InChI is InChI=1S/C17H9N7/c18-7-12(8-19)16(9-20)22-13-3-4-14-15(6-13)24-17(23-14)11-2-1-5-21-10-11/h1-6,10,22H,(H,23,24). The van der Waals surface area contributed by atoms with E-state index in [1.807, 2.05) is 18.2 Å². The highest BCUT2D eigenvalue weighted by atomic mass is 14.9. The molecule has 24 heavy (non-hydrogen) atoms. The molecule has 0 spiro atoms. The number of hydrogen-bond acceptors (Lipinski definition) is 6. The topological polar surface area (TPSA) is 125 Å². The number of hydrogen-bond donors (Lipinski definition) is 2. The number of nitriles is 3. The van der Waals surface area contributed by atoms with Crippen molar-refractivity contribution in [2.45, 2.75) is 0 Å². The third kappa shape index (κ3) is 2.76. The summed E-state index contributed by atoms with van der Waals surface area (Å²) in [4.78, 5) is 11.7. The van der Waals surface area contributed by atoms with Gasteiger partial charge in [0.25, 0.3) is 0 Å². The highest BCUT2D eigenvalue weighted by Crippen LogP contribution is 2.23. The van der Waals surface area contributed by atoms with Crippen LogP contribution in [0.2, 0.25) is 0 Å². The Morgan fingerprint density at radius 2 is 1.92 bits per heavy atom. The first-order valence-electron chi connectivity index (χ1n) is 6.87. The fourth-order valence-corrected chi connectivity index (χ4v) is 2.15. The van der Waals surface area contributed by atoms with E-state index in [-0.39, 0.29) is 11.3 Å². The molecule has 3 rings (SSSR count). The SMILES string of the molecule is N#CC(C#N)=C(C#N)Nc1ccc2nc(-c3cccnc3)[nH]c2c1. The van der Waals surface area contributed by atoms with E-state index in [1.165, 1.54) is 0 Å². The Labute approximate surface area is 137 Å². The molecule has 2 N–H and O–H groups in total. The maximum atomic E-state index is 9.09. The minimum absolute atomic E-state index is 0.0913. The number of imidazole rings is 1. The minimum atomic E-state index is -0.266. The van der Waals surface area contributed by atoms with Crippen LogP contribution < -0.4 is 5.32 Å². The third-order valence-electron chi connectivity index (χ3n) is 3.27. The zero-order valence-electron chi connectivity index (χ0n) is 12.3. The van der Waals surface area contributed by atoms with Gasteiger partial charge in [-0.2, -0.15) is 15.8 Å². The predicted molar refractivity (Wildman–Crippen MR) is 86.8 cm³/mol. The first-order chi connectivity index (χ1) is 11.7. The van der Waals surface area contributed by atoms with Crippen LogP contribution in [-0.4, -0.2) is 15.0 Å². The van der Waals surface area contributed by atoms with Crippen molar-refractivity contribution >= 4 is 16.7 Å². The number of benzene rings is 1. The van der Waals surface area contributed by atoms with E-state index in [0.29, 0.717) is 11.5 Å². The van der Waals surface area contributed by atoms with E-state index in [1.54, 1.807) is 42.7 Å². The summed E-state index contributed by atoms with van der Waals surface area (Å²) in [6.07, 6.45) is 3.39. The molecule has 0 saturated carbocycles. The van der Waals surface area contributed by atoms with Gasteiger partial charge in [-0.25, -0.2) is 4.98 Å². The first kappa shape index (κ1) is 14.8. The highest BCUT2D eigenvalue weighted by molar-refractivity contribution is 5.83. The van der Waals surface area contributed by atoms with Gasteiger partial charge in [0, 0.05) is 23.6 Å². The molecule has 0 amide bonds. The van der Waals surface area contributed by atoms with Crippen molar-refractivity contribution in [3.63, 3.8) is 0 Å². The lowest BCUT2D eigenvalue weighted by Gasteiger charge is -2.03. The van der Waals surface area contributed by atoms with E-state index >= 15 is 0 Å². The van der Waals surface area contributed by atoms with Gasteiger partial charge in [0.2, 0.25) is 0 Å². The van der Waals surface area contributed by atoms with Crippen LogP contribution in [0.5, 0.6) is 0 Å². The van der Waals surface area contributed by atoms with Gasteiger partial charge >= 0.3 is 0 Å². The van der Waals surface area contributed by atoms with Crippen LogP contribution in [0.1, 0.15) is 0 Å². The van der Waals surface area contributed by atoms with Gasteiger partial charge in [-0.3, -0.25) is 4.98 Å². The van der Waals surface area contributed by atoms with Crippen molar-refractivity contribution in [1.29, 1.82) is 15.8 Å². The molecule has 0 aliphatic carbocycles. The quantitative estimate of drug-likeness (QED) is 0.716. The highest BCUT2D eigenvalue weighted by Gasteiger charge is 2.09. The molecule has 0 radical (unpaired) electrons. The molecular formula is C17H9N7. The molecule has 0 fully saturated rings. The second-order valence-corrected chi connectivity index (χ2v) is 4.77. The summed E-state index contributed by atoms with van der Waals surface area (Å²) in [6, 6.07) is 14.2. The van der Waals surface area contributed by atoms with Crippen molar-refractivity contribution in [1.82, 2.24) is 15.0 Å². The van der Waals surface area contributed by atoms with E-state index < -0.39 is 0 Å². The number of rotatable bonds is 3. The van der Waals surface area contributed by atoms with Crippen LogP contribution in [0.15, 0.2) is 54.0 Å². The Balaban J connectivity index is 1.99. The van der Waals surface area contributed by atoms with Gasteiger partial charge < -0.3 is 10.3 Å². The molecule has 1 aromatic carbocycles. The van der Waals surface area contributed by atoms with Crippen molar-refractivity contribution < 1.29 is 0 Å². The van der Waals surface area contributed by atoms with Gasteiger partial charge in [-0.1, -0.05) is 0 Å². The summed E-state index contributed by atoms with van der Waals surface area (Å²) in [6.45, 7) is 0. The number of aromatic nitrogens is 3. The number of aromatic amines is 1. The van der Waals surface area contributed by atoms with Gasteiger partial charge in [0.05, 0.1) is 11.0 Å². The monoisotopic (exact) mass is 311 g/mol. The lowest BCUT2D eigenvalue weighted by Crippen LogP contribution is -2.00. The molecule has 112 valence electrons. The van der Waals surface area contributed by atoms with Crippen LogP contribution >= 0.6 is 0 Å². The zero-order valence-corrected chi connectivity index (χ0v) is 12.3. The first-order valence-corrected chi connectivity index (χ1v) is 6.87. The molecule has 0 unspecified atom stereocenters. The van der Waals surface area contributed by atoms with Crippen molar-refractivity contribution in [2.75, 3.05) is 5.32 Å². The normalized spacial score (nSPS) is 9.54. The maximum absolute atomic E-state index is 9.09. The van der Waals surface area contributed by atoms with Gasteiger partial charge in [-0.05, 0) is 30.3 Å². The summed E-state index contributed by atoms with van der Waals surface area (Å²) in [5.41, 5.74) is 2.58. The summed E-state index contributed by atoms with van der Waals surface area (Å²) >= 11 is 0. The number of nitrogens with zero attached hydrogens (tertiary/aromatic N) is 5. The van der Waals surface area contributed by atoms with E-state index in [9.17, 15) is 0 Å². The molecule has 2 heterocycles. The van der Waals surface area contributed by atoms with Crippen LogP contribution in [0.4, 0.5) is 5.69 Å². The average Bonchev–Trinajstić information content (AvgIpc) is 3.06. The Morgan fingerprint density at radius 1 is 1.08 bits per heavy atom. The Morgan fingerprint density at radius 3 is 2.58 bits per heavy atom. The van der Waals surface area contributed by atoms with Crippen molar-refractivity contribution in [2.24, 2.45) is 0 Å². The third-order valence-corrected chi connectivity index (χ3v) is 3.27. The Kier molecular flexibility index (Phi) is 3.88. The number of allylic oxidation sites excluding steroid dienone is 2. The molecule has 7 nitrogen and oxygen atoms in total. The van der Waals surface area contributed by atoms with Gasteiger partial charge in [0.1, 0.15) is 29.7 Å². The maximum Gasteiger partial charge on any atom is 0.163 e. The average molecular weight is 311 g/mol. The minimum Gasteiger partial charge on any atom is -0.345 e. The van der Waals surface area contributed by atoms with Crippen molar-refractivity contribution in [3.05, 3.63) is 54.0 Å². The Bertz CT molecular complexity index is 1040. The van der Waals surface area contributed by atoms with Crippen LogP contribution in [0, 0.1) is 34.0 Å². The number of fused-ring (bicyclic) bond motifs is 1.